The summed E-state index contributed by atoms with van der Waals surface area (Å²) >= 11 is 6.08. The zero-order valence-corrected chi connectivity index (χ0v) is 10.4. The van der Waals surface area contributed by atoms with Crippen LogP contribution in [0, 0.1) is 0 Å². The van der Waals surface area contributed by atoms with Crippen molar-refractivity contribution in [1.29, 1.82) is 0 Å². The summed E-state index contributed by atoms with van der Waals surface area (Å²) in [6.07, 6.45) is 0.599. The molecule has 0 amide bonds. The molecule has 0 saturated carbocycles. The molecule has 2 rings (SSSR count). The van der Waals surface area contributed by atoms with Gasteiger partial charge in [-0.15, -0.1) is 12.4 Å². The quantitative estimate of drug-likeness (QED) is 0.786. The maximum Gasteiger partial charge on any atom is 0.323 e. The fourth-order valence-electron chi connectivity index (χ4n) is 1.82. The summed E-state index contributed by atoms with van der Waals surface area (Å²) < 4.78 is 4.70. The standard InChI is InChI=1S/C11H12ClNO2.ClH/c1-15-11(14)10-5-8-7(6-13-10)3-2-4-9(8)12;/h2-4,10,13H,5-6H2,1H3;1H/t10-;/m0./s1. The molecule has 1 aromatic carbocycles. The van der Waals surface area contributed by atoms with Crippen LogP contribution in [0.15, 0.2) is 18.2 Å². The van der Waals surface area contributed by atoms with Crippen LogP contribution >= 0.6 is 24.0 Å². The highest BCUT2D eigenvalue weighted by Crippen LogP contribution is 2.24. The number of fused-ring (bicyclic) bond motifs is 1. The summed E-state index contributed by atoms with van der Waals surface area (Å²) in [4.78, 5) is 11.4. The number of esters is 1. The lowest BCUT2D eigenvalue weighted by Gasteiger charge is -2.24. The van der Waals surface area contributed by atoms with Gasteiger partial charge in [-0.25, -0.2) is 0 Å². The number of carbonyl (C=O) groups excluding carboxylic acids is 1. The van der Waals surface area contributed by atoms with Crippen LogP contribution in [0.2, 0.25) is 5.02 Å². The summed E-state index contributed by atoms with van der Waals surface area (Å²) in [5.41, 5.74) is 2.20. The summed E-state index contributed by atoms with van der Waals surface area (Å²) in [5.74, 6) is -0.236. The number of methoxy groups -OCH3 is 1. The Bertz CT molecular complexity index is 396. The molecule has 1 aromatic rings. The van der Waals surface area contributed by atoms with E-state index in [-0.39, 0.29) is 24.4 Å². The average Bonchev–Trinajstić information content (AvgIpc) is 2.28. The summed E-state index contributed by atoms with van der Waals surface area (Å²) in [5, 5.41) is 3.84. The molecule has 0 bridgehead atoms. The maximum atomic E-state index is 11.4. The Morgan fingerprint density at radius 3 is 3.00 bits per heavy atom. The van der Waals surface area contributed by atoms with Crippen molar-refractivity contribution in [3.8, 4) is 0 Å². The van der Waals surface area contributed by atoms with Crippen molar-refractivity contribution in [2.75, 3.05) is 7.11 Å². The molecule has 5 heteroatoms. The summed E-state index contributed by atoms with van der Waals surface area (Å²) in [6.45, 7) is 0.662. The van der Waals surface area contributed by atoms with Gasteiger partial charge in [0.2, 0.25) is 0 Å². The molecule has 1 aliphatic rings. The second-order valence-electron chi connectivity index (χ2n) is 3.54. The van der Waals surface area contributed by atoms with E-state index in [1.807, 2.05) is 18.2 Å². The third-order valence-electron chi connectivity index (χ3n) is 2.65. The molecule has 3 nitrogen and oxygen atoms in total. The van der Waals surface area contributed by atoms with E-state index >= 15 is 0 Å². The van der Waals surface area contributed by atoms with Gasteiger partial charge in [0.1, 0.15) is 6.04 Å². The number of ether oxygens (including phenoxy) is 1. The third kappa shape index (κ3) is 2.48. The molecule has 0 unspecified atom stereocenters. The first kappa shape index (κ1) is 13.3. The number of hydrogen-bond donors (Lipinski definition) is 1. The number of nitrogens with one attached hydrogen (secondary N) is 1. The average molecular weight is 262 g/mol. The SMILES string of the molecule is COC(=O)[C@@H]1Cc2c(Cl)cccc2CN1.Cl. The monoisotopic (exact) mass is 261 g/mol. The van der Waals surface area contributed by atoms with Crippen molar-refractivity contribution in [1.82, 2.24) is 5.32 Å². The predicted octanol–water partition coefficient (Wildman–Crippen LogP) is 1.95. The fraction of sp³-hybridized carbons (Fsp3) is 0.364. The highest BCUT2D eigenvalue weighted by Gasteiger charge is 2.25. The Morgan fingerprint density at radius 1 is 1.56 bits per heavy atom. The lowest BCUT2D eigenvalue weighted by atomic mass is 9.96. The number of carbonyl (C=O) groups is 1. The van der Waals surface area contributed by atoms with Crippen molar-refractivity contribution in [2.45, 2.75) is 19.0 Å². The molecule has 0 aliphatic carbocycles. The third-order valence-corrected chi connectivity index (χ3v) is 3.00. The Labute approximate surface area is 106 Å². The molecular weight excluding hydrogens is 249 g/mol. The minimum Gasteiger partial charge on any atom is -0.468 e. The normalized spacial score (nSPS) is 18.2. The van der Waals surface area contributed by atoms with Gasteiger partial charge in [0.15, 0.2) is 0 Å². The van der Waals surface area contributed by atoms with E-state index in [1.54, 1.807) is 0 Å². The van der Waals surface area contributed by atoms with Gasteiger partial charge >= 0.3 is 5.97 Å². The first-order valence-electron chi connectivity index (χ1n) is 4.80. The molecule has 16 heavy (non-hydrogen) atoms. The Hall–Kier alpha value is -0.770. The summed E-state index contributed by atoms with van der Waals surface area (Å²) in [7, 11) is 1.39. The van der Waals surface area contributed by atoms with Gasteiger partial charge in [0.05, 0.1) is 7.11 Å². The predicted molar refractivity (Wildman–Crippen MR) is 65.0 cm³/mol. The topological polar surface area (TPSA) is 38.3 Å². The van der Waals surface area contributed by atoms with Crippen molar-refractivity contribution >= 4 is 30.0 Å². The van der Waals surface area contributed by atoms with E-state index in [2.05, 4.69) is 5.32 Å². The highest BCUT2D eigenvalue weighted by molar-refractivity contribution is 6.31. The smallest absolute Gasteiger partial charge is 0.323 e. The Morgan fingerprint density at radius 2 is 2.31 bits per heavy atom. The number of rotatable bonds is 1. The Balaban J connectivity index is 0.00000128. The molecule has 1 N–H and O–H groups in total. The second-order valence-corrected chi connectivity index (χ2v) is 3.95. The van der Waals surface area contributed by atoms with Crippen LogP contribution < -0.4 is 5.32 Å². The van der Waals surface area contributed by atoms with Gasteiger partial charge in [0, 0.05) is 18.0 Å². The molecule has 1 aliphatic heterocycles. The van der Waals surface area contributed by atoms with E-state index in [0.29, 0.717) is 13.0 Å². The minimum absolute atomic E-state index is 0. The van der Waals surface area contributed by atoms with Crippen molar-refractivity contribution in [2.24, 2.45) is 0 Å². The number of hydrogen-bond acceptors (Lipinski definition) is 3. The lowest BCUT2D eigenvalue weighted by molar-refractivity contribution is -0.143. The molecule has 0 fully saturated rings. The molecule has 0 aromatic heterocycles. The van der Waals surface area contributed by atoms with E-state index in [4.69, 9.17) is 16.3 Å². The highest BCUT2D eigenvalue weighted by atomic mass is 35.5. The summed E-state index contributed by atoms with van der Waals surface area (Å²) in [6, 6.07) is 5.51. The van der Waals surface area contributed by atoms with Crippen LogP contribution in [-0.2, 0) is 22.5 Å². The van der Waals surface area contributed by atoms with Gasteiger partial charge < -0.3 is 10.1 Å². The maximum absolute atomic E-state index is 11.4. The molecule has 0 spiro atoms. The van der Waals surface area contributed by atoms with Gasteiger partial charge in [-0.3, -0.25) is 4.79 Å². The van der Waals surface area contributed by atoms with Crippen LogP contribution in [-0.4, -0.2) is 19.1 Å². The molecule has 1 heterocycles. The van der Waals surface area contributed by atoms with Crippen molar-refractivity contribution in [3.63, 3.8) is 0 Å². The lowest BCUT2D eigenvalue weighted by Crippen LogP contribution is -2.42. The minimum atomic E-state index is -0.276. The van der Waals surface area contributed by atoms with Gasteiger partial charge in [-0.05, 0) is 17.2 Å². The molecular formula is C11H13Cl2NO2. The van der Waals surface area contributed by atoms with Crippen molar-refractivity contribution < 1.29 is 9.53 Å². The van der Waals surface area contributed by atoms with E-state index in [0.717, 1.165) is 16.1 Å². The first-order valence-corrected chi connectivity index (χ1v) is 5.17. The molecule has 0 saturated heterocycles. The van der Waals surface area contributed by atoms with Crippen LogP contribution in [0.4, 0.5) is 0 Å². The van der Waals surface area contributed by atoms with Crippen LogP contribution in [0.1, 0.15) is 11.1 Å². The zero-order chi connectivity index (χ0) is 10.8. The Kier molecular flexibility index (Phi) is 4.59. The van der Waals surface area contributed by atoms with Crippen LogP contribution in [0.3, 0.4) is 0 Å². The second kappa shape index (κ2) is 5.53. The fourth-order valence-corrected chi connectivity index (χ4v) is 2.09. The van der Waals surface area contributed by atoms with Gasteiger partial charge in [0.25, 0.3) is 0 Å². The largest absolute Gasteiger partial charge is 0.468 e. The van der Waals surface area contributed by atoms with Crippen molar-refractivity contribution in [3.05, 3.63) is 34.3 Å². The van der Waals surface area contributed by atoms with Crippen LogP contribution in [0.5, 0.6) is 0 Å². The van der Waals surface area contributed by atoms with Gasteiger partial charge in [-0.1, -0.05) is 23.7 Å². The molecule has 1 atom stereocenters. The van der Waals surface area contributed by atoms with Gasteiger partial charge in [-0.2, -0.15) is 0 Å². The zero-order valence-electron chi connectivity index (χ0n) is 8.83. The van der Waals surface area contributed by atoms with Crippen LogP contribution in [0.25, 0.3) is 0 Å². The van der Waals surface area contributed by atoms with E-state index < -0.39 is 0 Å². The van der Waals surface area contributed by atoms with E-state index in [1.165, 1.54) is 7.11 Å². The van der Waals surface area contributed by atoms with E-state index in [9.17, 15) is 4.79 Å². The molecule has 88 valence electrons. The number of halogens is 2. The first-order chi connectivity index (χ1) is 7.22. The number of benzene rings is 1. The molecule has 0 radical (unpaired) electrons.